The summed E-state index contributed by atoms with van der Waals surface area (Å²) in [4.78, 5) is 13.2. The third kappa shape index (κ3) is 3.58. The molecular formula is C15H14Cl2F3NO. The maximum Gasteiger partial charge on any atom is 0.417 e. The van der Waals surface area contributed by atoms with Crippen LogP contribution in [0.1, 0.15) is 30.9 Å². The van der Waals surface area contributed by atoms with Gasteiger partial charge in [-0.05, 0) is 23.3 Å². The molecule has 1 atom stereocenters. The van der Waals surface area contributed by atoms with Crippen LogP contribution in [0.25, 0.3) is 5.57 Å². The van der Waals surface area contributed by atoms with Crippen molar-refractivity contribution < 1.29 is 18.0 Å². The molecular weight excluding hydrogens is 338 g/mol. The molecule has 22 heavy (non-hydrogen) atoms. The highest BCUT2D eigenvalue weighted by molar-refractivity contribution is 6.31. The minimum absolute atomic E-state index is 0.0811. The third-order valence-corrected chi connectivity index (χ3v) is 4.25. The van der Waals surface area contributed by atoms with Gasteiger partial charge in [-0.1, -0.05) is 42.3 Å². The van der Waals surface area contributed by atoms with Crippen molar-refractivity contribution in [2.24, 2.45) is 0 Å². The molecule has 0 aliphatic carbocycles. The topological polar surface area (TPSA) is 20.3 Å². The van der Waals surface area contributed by atoms with Gasteiger partial charge in [0.25, 0.3) is 0 Å². The molecule has 0 saturated heterocycles. The molecule has 0 aromatic heterocycles. The standard InChI is InChI=1S/C15H14Cl2F3NO/c1-2-14(22)21-6-5-10(8-13(21)17)9-3-4-12(16)11(7-9)15(18,19)20/h3-5,7,13H,2,6,8H2,1H3. The van der Waals surface area contributed by atoms with Crippen LogP contribution < -0.4 is 0 Å². The SMILES string of the molecule is CCC(=O)N1CC=C(c2ccc(Cl)c(C(F)(F)F)c2)CC1Cl. The maximum absolute atomic E-state index is 12.9. The number of amides is 1. The second-order valence-electron chi connectivity index (χ2n) is 4.96. The van der Waals surface area contributed by atoms with E-state index in [-0.39, 0.29) is 10.9 Å². The Bertz CT molecular complexity index is 613. The Morgan fingerprint density at radius 2 is 2.09 bits per heavy atom. The summed E-state index contributed by atoms with van der Waals surface area (Å²) in [5, 5.41) is -0.335. The molecule has 120 valence electrons. The van der Waals surface area contributed by atoms with E-state index in [1.54, 1.807) is 13.0 Å². The minimum Gasteiger partial charge on any atom is -0.322 e. The predicted molar refractivity (Wildman–Crippen MR) is 80.7 cm³/mol. The summed E-state index contributed by atoms with van der Waals surface area (Å²) < 4.78 is 38.7. The molecule has 0 radical (unpaired) electrons. The van der Waals surface area contributed by atoms with Gasteiger partial charge in [0.15, 0.2) is 0 Å². The Morgan fingerprint density at radius 3 is 2.64 bits per heavy atom. The van der Waals surface area contributed by atoms with Crippen LogP contribution >= 0.6 is 23.2 Å². The van der Waals surface area contributed by atoms with Crippen molar-refractivity contribution >= 4 is 34.7 Å². The summed E-state index contributed by atoms with van der Waals surface area (Å²) in [5.41, 5.74) is -0.323. The fraction of sp³-hybridized carbons (Fsp3) is 0.400. The first-order valence-electron chi connectivity index (χ1n) is 6.73. The fourth-order valence-electron chi connectivity index (χ4n) is 2.34. The molecule has 7 heteroatoms. The number of carbonyl (C=O) groups excluding carboxylic acids is 1. The molecule has 0 spiro atoms. The first-order valence-corrected chi connectivity index (χ1v) is 7.55. The number of rotatable bonds is 2. The van der Waals surface area contributed by atoms with Crippen LogP contribution in [-0.2, 0) is 11.0 Å². The first kappa shape index (κ1) is 17.2. The van der Waals surface area contributed by atoms with Gasteiger partial charge in [-0.3, -0.25) is 4.79 Å². The molecule has 1 aromatic rings. The van der Waals surface area contributed by atoms with E-state index in [0.717, 1.165) is 6.07 Å². The lowest BCUT2D eigenvalue weighted by atomic mass is 9.97. The van der Waals surface area contributed by atoms with E-state index in [0.29, 0.717) is 30.5 Å². The molecule has 1 aliphatic rings. The van der Waals surface area contributed by atoms with Crippen molar-refractivity contribution in [2.75, 3.05) is 6.54 Å². The second kappa shape index (κ2) is 6.50. The zero-order chi connectivity index (χ0) is 16.5. The minimum atomic E-state index is -4.51. The molecule has 0 saturated carbocycles. The monoisotopic (exact) mass is 351 g/mol. The Labute approximate surface area is 136 Å². The number of halogens is 5. The Morgan fingerprint density at radius 1 is 1.41 bits per heavy atom. The lowest BCUT2D eigenvalue weighted by Gasteiger charge is -2.31. The van der Waals surface area contributed by atoms with Gasteiger partial charge in [0.2, 0.25) is 5.91 Å². The van der Waals surface area contributed by atoms with Crippen molar-refractivity contribution in [3.05, 3.63) is 40.4 Å². The normalized spacial score (nSPS) is 19.1. The van der Waals surface area contributed by atoms with Gasteiger partial charge >= 0.3 is 6.18 Å². The zero-order valence-electron chi connectivity index (χ0n) is 11.8. The van der Waals surface area contributed by atoms with Gasteiger partial charge in [0.1, 0.15) is 5.50 Å². The quantitative estimate of drug-likeness (QED) is 0.545. The van der Waals surface area contributed by atoms with Gasteiger partial charge in [-0.15, -0.1) is 0 Å². The molecule has 0 fully saturated rings. The van der Waals surface area contributed by atoms with E-state index >= 15 is 0 Å². The van der Waals surface area contributed by atoms with Crippen molar-refractivity contribution in [3.8, 4) is 0 Å². The zero-order valence-corrected chi connectivity index (χ0v) is 13.3. The van der Waals surface area contributed by atoms with Crippen molar-refractivity contribution in [1.29, 1.82) is 0 Å². The van der Waals surface area contributed by atoms with E-state index < -0.39 is 17.2 Å². The van der Waals surface area contributed by atoms with Gasteiger partial charge in [0.05, 0.1) is 10.6 Å². The molecule has 1 heterocycles. The summed E-state index contributed by atoms with van der Waals surface area (Å²) in [6.07, 6.45) is -2.14. The van der Waals surface area contributed by atoms with Gasteiger partial charge < -0.3 is 4.90 Å². The molecule has 2 rings (SSSR count). The molecule has 0 N–H and O–H groups in total. The summed E-state index contributed by atoms with van der Waals surface area (Å²) in [6.45, 7) is 2.03. The van der Waals surface area contributed by atoms with Gasteiger partial charge in [-0.2, -0.15) is 13.2 Å². The number of carbonyl (C=O) groups is 1. The van der Waals surface area contributed by atoms with Crippen LogP contribution in [0.4, 0.5) is 13.2 Å². The number of nitrogens with zero attached hydrogens (tertiary/aromatic N) is 1. The van der Waals surface area contributed by atoms with Crippen LogP contribution in [0.5, 0.6) is 0 Å². The van der Waals surface area contributed by atoms with E-state index in [9.17, 15) is 18.0 Å². The lowest BCUT2D eigenvalue weighted by Crippen LogP contribution is -2.39. The Kier molecular flexibility index (Phi) is 5.07. The predicted octanol–water partition coefficient (Wildman–Crippen LogP) is 4.95. The van der Waals surface area contributed by atoms with E-state index in [1.807, 2.05) is 0 Å². The fourth-order valence-corrected chi connectivity index (χ4v) is 2.92. The maximum atomic E-state index is 12.9. The highest BCUT2D eigenvalue weighted by Gasteiger charge is 2.34. The van der Waals surface area contributed by atoms with Crippen molar-refractivity contribution in [2.45, 2.75) is 31.4 Å². The Balaban J connectivity index is 2.30. The lowest BCUT2D eigenvalue weighted by molar-refractivity contribution is -0.137. The average Bonchev–Trinajstić information content (AvgIpc) is 2.45. The molecule has 1 aliphatic heterocycles. The highest BCUT2D eigenvalue weighted by atomic mass is 35.5. The molecule has 0 bridgehead atoms. The van der Waals surface area contributed by atoms with Crippen LogP contribution in [-0.4, -0.2) is 22.9 Å². The van der Waals surface area contributed by atoms with Gasteiger partial charge in [0, 0.05) is 19.4 Å². The number of alkyl halides is 4. The Hall–Kier alpha value is -1.20. The van der Waals surface area contributed by atoms with Crippen molar-refractivity contribution in [1.82, 2.24) is 4.90 Å². The molecule has 1 unspecified atom stereocenters. The molecule has 1 aromatic carbocycles. The second-order valence-corrected chi connectivity index (χ2v) is 5.87. The van der Waals surface area contributed by atoms with Crippen LogP contribution in [0, 0.1) is 0 Å². The van der Waals surface area contributed by atoms with Crippen molar-refractivity contribution in [3.63, 3.8) is 0 Å². The summed E-state index contributed by atoms with van der Waals surface area (Å²) >= 11 is 11.8. The highest BCUT2D eigenvalue weighted by Crippen LogP contribution is 2.38. The molecule has 2 nitrogen and oxygen atoms in total. The molecule has 1 amide bonds. The summed E-state index contributed by atoms with van der Waals surface area (Å²) in [5.74, 6) is -0.0811. The number of hydrogen-bond acceptors (Lipinski definition) is 1. The van der Waals surface area contributed by atoms with E-state index in [2.05, 4.69) is 0 Å². The van der Waals surface area contributed by atoms with Gasteiger partial charge in [-0.25, -0.2) is 0 Å². The smallest absolute Gasteiger partial charge is 0.322 e. The first-order chi connectivity index (χ1) is 10.2. The van der Waals surface area contributed by atoms with Crippen LogP contribution in [0.2, 0.25) is 5.02 Å². The summed E-state index contributed by atoms with van der Waals surface area (Å²) in [6, 6.07) is 3.78. The van der Waals surface area contributed by atoms with E-state index in [4.69, 9.17) is 23.2 Å². The average molecular weight is 352 g/mol. The third-order valence-electron chi connectivity index (χ3n) is 3.53. The number of benzene rings is 1. The largest absolute Gasteiger partial charge is 0.417 e. The summed E-state index contributed by atoms with van der Waals surface area (Å²) in [7, 11) is 0. The van der Waals surface area contributed by atoms with Crippen LogP contribution in [0.15, 0.2) is 24.3 Å². The number of hydrogen-bond donors (Lipinski definition) is 0. The van der Waals surface area contributed by atoms with Crippen LogP contribution in [0.3, 0.4) is 0 Å². The van der Waals surface area contributed by atoms with E-state index in [1.165, 1.54) is 17.0 Å².